The highest BCUT2D eigenvalue weighted by Gasteiger charge is 2.19. The summed E-state index contributed by atoms with van der Waals surface area (Å²) in [4.78, 5) is 22.1. The van der Waals surface area contributed by atoms with Crippen LogP contribution in [-0.4, -0.2) is 44.9 Å². The highest BCUT2D eigenvalue weighted by molar-refractivity contribution is 7.95. The second-order valence-corrected chi connectivity index (χ2v) is 6.05. The quantitative estimate of drug-likeness (QED) is 0.466. The second kappa shape index (κ2) is 6.89. The Hall–Kier alpha value is -2.35. The molecule has 0 bridgehead atoms. The predicted octanol–water partition coefficient (Wildman–Crippen LogP) is 0.650. The van der Waals surface area contributed by atoms with Gasteiger partial charge in [-0.25, -0.2) is 18.0 Å². The maximum absolute atomic E-state index is 11.5. The lowest BCUT2D eigenvalue weighted by atomic mass is 10.2. The maximum atomic E-state index is 11.5. The van der Waals surface area contributed by atoms with Crippen molar-refractivity contribution in [1.82, 2.24) is 0 Å². The Balaban J connectivity index is 2.38. The van der Waals surface area contributed by atoms with Crippen molar-refractivity contribution >= 4 is 21.8 Å². The smallest absolute Gasteiger partial charge is 0.349 e. The largest absolute Gasteiger partial charge is 0.508 e. The van der Waals surface area contributed by atoms with Crippen LogP contribution in [0.1, 0.15) is 10.4 Å². The zero-order chi connectivity index (χ0) is 16.0. The normalized spacial score (nSPS) is 10.7. The van der Waals surface area contributed by atoms with Crippen LogP contribution in [0.3, 0.4) is 0 Å². The van der Waals surface area contributed by atoms with Gasteiger partial charge in [-0.3, -0.25) is 0 Å². The van der Waals surface area contributed by atoms with Gasteiger partial charge in [0.25, 0.3) is 0 Å². The zero-order valence-corrected chi connectivity index (χ0v) is 12.1. The Kier molecular flexibility index (Phi) is 5.48. The molecular formula is C13H14O7S. The lowest BCUT2D eigenvalue weighted by molar-refractivity contribution is -0.139. The van der Waals surface area contributed by atoms with Gasteiger partial charge >= 0.3 is 11.9 Å². The van der Waals surface area contributed by atoms with Gasteiger partial charge in [-0.2, -0.15) is 0 Å². The Bertz CT molecular complexity index is 644. The van der Waals surface area contributed by atoms with Gasteiger partial charge in [0.15, 0.2) is 9.84 Å². The standard InChI is InChI=1S/C13H14O7S/c1-9(21(2,17)18)12(15)19-7-8-20-13(16)10-3-5-11(14)6-4-10/h3-6,14H,1,7-8H2,2H3. The SMILES string of the molecule is C=C(C(=O)OCCOC(=O)c1ccc(O)cc1)S(C)(=O)=O. The molecule has 1 N–H and O–H groups in total. The van der Waals surface area contributed by atoms with E-state index in [-0.39, 0.29) is 24.5 Å². The summed E-state index contributed by atoms with van der Waals surface area (Å²) in [6, 6.07) is 5.39. The first-order valence-corrected chi connectivity index (χ1v) is 7.63. The van der Waals surface area contributed by atoms with Gasteiger partial charge < -0.3 is 14.6 Å². The summed E-state index contributed by atoms with van der Waals surface area (Å²) in [7, 11) is -3.70. The molecular weight excluding hydrogens is 300 g/mol. The third kappa shape index (κ3) is 5.27. The number of rotatable bonds is 6. The fraction of sp³-hybridized carbons (Fsp3) is 0.231. The molecule has 21 heavy (non-hydrogen) atoms. The molecule has 0 heterocycles. The molecule has 0 aromatic heterocycles. The highest BCUT2D eigenvalue weighted by atomic mass is 32.2. The maximum Gasteiger partial charge on any atom is 0.349 e. The number of sulfone groups is 1. The van der Waals surface area contributed by atoms with E-state index in [4.69, 9.17) is 9.84 Å². The van der Waals surface area contributed by atoms with E-state index in [0.29, 0.717) is 0 Å². The van der Waals surface area contributed by atoms with Gasteiger partial charge in [-0.05, 0) is 24.3 Å². The number of benzene rings is 1. The van der Waals surface area contributed by atoms with Crippen LogP contribution in [0.4, 0.5) is 0 Å². The van der Waals surface area contributed by atoms with Gasteiger partial charge in [-0.1, -0.05) is 6.58 Å². The molecule has 8 heteroatoms. The van der Waals surface area contributed by atoms with Crippen LogP contribution < -0.4 is 0 Å². The summed E-state index contributed by atoms with van der Waals surface area (Å²) in [5, 5.41) is 9.06. The lowest BCUT2D eigenvalue weighted by Gasteiger charge is -2.07. The first-order valence-electron chi connectivity index (χ1n) is 5.74. The van der Waals surface area contributed by atoms with Crippen molar-refractivity contribution in [2.45, 2.75) is 0 Å². The van der Waals surface area contributed by atoms with E-state index >= 15 is 0 Å². The van der Waals surface area contributed by atoms with Crippen molar-refractivity contribution < 1.29 is 32.6 Å². The van der Waals surface area contributed by atoms with Crippen molar-refractivity contribution in [3.63, 3.8) is 0 Å². The van der Waals surface area contributed by atoms with Gasteiger partial charge in [0.05, 0.1) is 5.56 Å². The molecule has 0 radical (unpaired) electrons. The number of carbonyl (C=O) groups excluding carboxylic acids is 2. The molecule has 114 valence electrons. The fourth-order valence-electron chi connectivity index (χ4n) is 1.18. The zero-order valence-electron chi connectivity index (χ0n) is 11.2. The molecule has 0 fully saturated rings. The molecule has 1 rings (SSSR count). The summed E-state index contributed by atoms with van der Waals surface area (Å²) < 4.78 is 31.4. The number of aromatic hydroxyl groups is 1. The summed E-state index contributed by atoms with van der Waals surface area (Å²) in [6.07, 6.45) is 0.835. The summed E-state index contributed by atoms with van der Waals surface area (Å²) in [5.74, 6) is -1.73. The molecule has 0 saturated heterocycles. The third-order valence-electron chi connectivity index (χ3n) is 2.33. The predicted molar refractivity (Wildman–Crippen MR) is 73.3 cm³/mol. The molecule has 1 aromatic carbocycles. The van der Waals surface area contributed by atoms with Gasteiger partial charge in [0.1, 0.15) is 23.9 Å². The van der Waals surface area contributed by atoms with Crippen LogP contribution in [0.15, 0.2) is 35.7 Å². The van der Waals surface area contributed by atoms with E-state index in [1.807, 2.05) is 0 Å². The Morgan fingerprint density at radius 3 is 2.19 bits per heavy atom. The average molecular weight is 314 g/mol. The number of phenolic OH excluding ortho intramolecular Hbond substituents is 1. The summed E-state index contributed by atoms with van der Waals surface area (Å²) >= 11 is 0. The van der Waals surface area contributed by atoms with Crippen LogP contribution >= 0.6 is 0 Å². The topological polar surface area (TPSA) is 107 Å². The first-order chi connectivity index (χ1) is 9.71. The Morgan fingerprint density at radius 2 is 1.67 bits per heavy atom. The molecule has 0 saturated carbocycles. The number of hydrogen-bond donors (Lipinski definition) is 1. The first kappa shape index (κ1) is 16.7. The van der Waals surface area contributed by atoms with Crippen molar-refractivity contribution in [2.24, 2.45) is 0 Å². The fourth-order valence-corrected chi connectivity index (χ4v) is 1.54. The van der Waals surface area contributed by atoms with Crippen molar-refractivity contribution in [3.8, 4) is 5.75 Å². The minimum Gasteiger partial charge on any atom is -0.508 e. The molecule has 0 spiro atoms. The van der Waals surface area contributed by atoms with Crippen LogP contribution in [0.25, 0.3) is 0 Å². The molecule has 7 nitrogen and oxygen atoms in total. The molecule has 0 atom stereocenters. The minimum atomic E-state index is -3.70. The lowest BCUT2D eigenvalue weighted by Crippen LogP contribution is -2.18. The third-order valence-corrected chi connectivity index (χ3v) is 3.39. The summed E-state index contributed by atoms with van der Waals surface area (Å²) in [6.45, 7) is 2.57. The summed E-state index contributed by atoms with van der Waals surface area (Å²) in [5.41, 5.74) is 0.222. The van der Waals surface area contributed by atoms with Gasteiger partial charge in [0.2, 0.25) is 0 Å². The Morgan fingerprint density at radius 1 is 1.14 bits per heavy atom. The molecule has 0 aliphatic heterocycles. The van der Waals surface area contributed by atoms with E-state index in [2.05, 4.69) is 11.3 Å². The molecule has 0 amide bonds. The molecule has 0 unspecified atom stereocenters. The molecule has 1 aromatic rings. The van der Waals surface area contributed by atoms with E-state index in [9.17, 15) is 18.0 Å². The molecule has 0 aliphatic rings. The Labute approximate surface area is 121 Å². The van der Waals surface area contributed by atoms with Crippen LogP contribution in [0.2, 0.25) is 0 Å². The number of esters is 2. The highest BCUT2D eigenvalue weighted by Crippen LogP contribution is 2.10. The van der Waals surface area contributed by atoms with E-state index in [1.165, 1.54) is 24.3 Å². The van der Waals surface area contributed by atoms with Crippen molar-refractivity contribution in [2.75, 3.05) is 19.5 Å². The van der Waals surface area contributed by atoms with E-state index < -0.39 is 26.7 Å². The van der Waals surface area contributed by atoms with Gasteiger partial charge in [-0.15, -0.1) is 0 Å². The molecule has 0 aliphatic carbocycles. The average Bonchev–Trinajstić information content (AvgIpc) is 2.42. The number of phenols is 1. The van der Waals surface area contributed by atoms with E-state index in [1.54, 1.807) is 0 Å². The van der Waals surface area contributed by atoms with Crippen molar-refractivity contribution in [3.05, 3.63) is 41.3 Å². The van der Waals surface area contributed by atoms with Crippen LogP contribution in [-0.2, 0) is 24.1 Å². The second-order valence-electron chi connectivity index (χ2n) is 4.01. The number of carbonyl (C=O) groups is 2. The monoisotopic (exact) mass is 314 g/mol. The van der Waals surface area contributed by atoms with Crippen LogP contribution in [0, 0.1) is 0 Å². The van der Waals surface area contributed by atoms with Crippen molar-refractivity contribution in [1.29, 1.82) is 0 Å². The minimum absolute atomic E-state index is 0.0137. The number of ether oxygens (including phenoxy) is 2. The number of hydrogen-bond acceptors (Lipinski definition) is 7. The van der Waals surface area contributed by atoms with Gasteiger partial charge in [0, 0.05) is 6.26 Å². The van der Waals surface area contributed by atoms with E-state index in [0.717, 1.165) is 6.26 Å². The van der Waals surface area contributed by atoms with Crippen LogP contribution in [0.5, 0.6) is 5.75 Å².